The van der Waals surface area contributed by atoms with Crippen molar-refractivity contribution in [3.8, 4) is 0 Å². The van der Waals surface area contributed by atoms with Crippen molar-refractivity contribution >= 4 is 7.37 Å². The summed E-state index contributed by atoms with van der Waals surface area (Å²) in [4.78, 5) is 9.12. The maximum atomic E-state index is 11.1. The van der Waals surface area contributed by atoms with Crippen LogP contribution in [0.15, 0.2) is 0 Å². The molecule has 0 aliphatic rings. The second kappa shape index (κ2) is 6.39. The van der Waals surface area contributed by atoms with Crippen molar-refractivity contribution in [3.63, 3.8) is 0 Å². The summed E-state index contributed by atoms with van der Waals surface area (Å²) in [6.45, 7) is 4.10. The first-order valence-electron chi connectivity index (χ1n) is 3.52. The van der Waals surface area contributed by atoms with Gasteiger partial charge in [-0.05, 0) is 12.5 Å². The molecule has 0 aliphatic heterocycles. The summed E-state index contributed by atoms with van der Waals surface area (Å²) in [5.41, 5.74) is 5.30. The van der Waals surface area contributed by atoms with Crippen LogP contribution in [0.1, 0.15) is 13.8 Å². The maximum Gasteiger partial charge on any atom is 0.200 e. The summed E-state index contributed by atoms with van der Waals surface area (Å²) >= 11 is 0. The Morgan fingerprint density at radius 3 is 2.36 bits per heavy atom. The van der Waals surface area contributed by atoms with Crippen LogP contribution in [0.3, 0.4) is 0 Å². The van der Waals surface area contributed by atoms with Crippen molar-refractivity contribution in [2.45, 2.75) is 13.8 Å². The first-order valence-corrected chi connectivity index (χ1v) is 5.55. The number of hydrogen-bond acceptors (Lipinski definition) is 2. The molecule has 0 rings (SSSR count). The van der Waals surface area contributed by atoms with E-state index in [4.69, 9.17) is 10.6 Å². The molecule has 0 fully saturated rings. The van der Waals surface area contributed by atoms with Crippen LogP contribution in [0, 0.1) is 5.92 Å². The van der Waals surface area contributed by atoms with Gasteiger partial charge in [-0.25, -0.2) is 0 Å². The van der Waals surface area contributed by atoms with E-state index in [0.717, 1.165) is 0 Å². The third kappa shape index (κ3) is 7.23. The van der Waals surface area contributed by atoms with Gasteiger partial charge in [0.25, 0.3) is 0 Å². The van der Waals surface area contributed by atoms with Crippen LogP contribution in [0.2, 0.25) is 0 Å². The van der Waals surface area contributed by atoms with Crippen LogP contribution in [0.4, 0.5) is 0 Å². The fraction of sp³-hybridized carbons (Fsp3) is 1.00. The molecule has 66 valence electrons. The largest absolute Gasteiger partial charge is 0.344 e. The summed E-state index contributed by atoms with van der Waals surface area (Å²) in [6, 6.07) is 0. The minimum absolute atomic E-state index is 0. The Labute approximate surface area is 83.1 Å². The third-order valence-electron chi connectivity index (χ3n) is 1.49. The van der Waals surface area contributed by atoms with Gasteiger partial charge in [0.05, 0.1) is 0 Å². The number of nitrogens with two attached hydrogens (primary N) is 1. The third-order valence-corrected chi connectivity index (χ3v) is 3.68. The number of rotatable bonds is 4. The van der Waals surface area contributed by atoms with Crippen molar-refractivity contribution in [2.24, 2.45) is 11.7 Å². The minimum atomic E-state index is -2.83. The van der Waals surface area contributed by atoms with E-state index in [9.17, 15) is 4.57 Å². The van der Waals surface area contributed by atoms with Gasteiger partial charge in [-0.1, -0.05) is 13.8 Å². The van der Waals surface area contributed by atoms with E-state index in [1.54, 1.807) is 6.92 Å². The molecular formula is C6H16NO2PTi. The Morgan fingerprint density at radius 2 is 2.09 bits per heavy atom. The van der Waals surface area contributed by atoms with E-state index in [1.807, 2.05) is 6.92 Å². The van der Waals surface area contributed by atoms with Gasteiger partial charge in [0.15, 0.2) is 0 Å². The summed E-state index contributed by atoms with van der Waals surface area (Å²) in [6.07, 6.45) is 0.720. The second-order valence-corrected chi connectivity index (χ2v) is 5.38. The second-order valence-electron chi connectivity index (χ2n) is 2.69. The molecule has 0 spiro atoms. The topological polar surface area (TPSA) is 63.3 Å². The molecule has 2 atom stereocenters. The van der Waals surface area contributed by atoms with Gasteiger partial charge >= 0.3 is 0 Å². The molecule has 0 aromatic heterocycles. The molecule has 0 aliphatic carbocycles. The molecule has 3 N–H and O–H groups in total. The van der Waals surface area contributed by atoms with Gasteiger partial charge in [0, 0.05) is 34.0 Å². The Kier molecular flexibility index (Phi) is 8.36. The Balaban J connectivity index is 0. The molecule has 0 amide bonds. The van der Waals surface area contributed by atoms with E-state index in [2.05, 4.69) is 0 Å². The van der Waals surface area contributed by atoms with Gasteiger partial charge in [0.2, 0.25) is 7.37 Å². The maximum absolute atomic E-state index is 11.1. The van der Waals surface area contributed by atoms with Gasteiger partial charge in [-0.3, -0.25) is 4.57 Å². The van der Waals surface area contributed by atoms with Crippen LogP contribution >= 0.6 is 7.37 Å². The Hall–Kier alpha value is 0.864. The Bertz CT molecular complexity index is 143. The van der Waals surface area contributed by atoms with Crippen molar-refractivity contribution in [3.05, 3.63) is 0 Å². The molecule has 0 aromatic carbocycles. The SMILES string of the molecule is CCP(=O)(O)CC(C)CN.[Ti]. The minimum Gasteiger partial charge on any atom is -0.344 e. The zero-order valence-electron chi connectivity index (χ0n) is 7.08. The van der Waals surface area contributed by atoms with Crippen LogP contribution in [-0.2, 0) is 26.3 Å². The van der Waals surface area contributed by atoms with E-state index in [1.165, 1.54) is 0 Å². The van der Waals surface area contributed by atoms with Crippen molar-refractivity contribution < 1.29 is 31.2 Å². The molecule has 0 radical (unpaired) electrons. The predicted molar refractivity (Wildman–Crippen MR) is 43.5 cm³/mol. The summed E-state index contributed by atoms with van der Waals surface area (Å²) in [7, 11) is -2.83. The average molecular weight is 213 g/mol. The predicted octanol–water partition coefficient (Wildman–Crippen LogP) is 0.869. The molecule has 2 unspecified atom stereocenters. The monoisotopic (exact) mass is 213 g/mol. The van der Waals surface area contributed by atoms with E-state index < -0.39 is 7.37 Å². The van der Waals surface area contributed by atoms with Crippen molar-refractivity contribution in [1.29, 1.82) is 0 Å². The molecule has 5 heteroatoms. The normalized spacial score (nSPS) is 18.2. The van der Waals surface area contributed by atoms with Crippen molar-refractivity contribution in [2.75, 3.05) is 18.9 Å². The smallest absolute Gasteiger partial charge is 0.200 e. The van der Waals surface area contributed by atoms with E-state index >= 15 is 0 Å². The fourth-order valence-corrected chi connectivity index (χ4v) is 2.07. The summed E-state index contributed by atoms with van der Waals surface area (Å²) in [5, 5.41) is 0. The zero-order chi connectivity index (χ0) is 8.20. The van der Waals surface area contributed by atoms with Crippen LogP contribution in [-0.4, -0.2) is 23.8 Å². The number of hydrogen-bond donors (Lipinski definition) is 2. The van der Waals surface area contributed by atoms with Gasteiger partial charge in [-0.15, -0.1) is 0 Å². The average Bonchev–Trinajstić information content (AvgIpc) is 1.87. The van der Waals surface area contributed by atoms with E-state index in [-0.39, 0.29) is 27.6 Å². The molecule has 0 heterocycles. The fourth-order valence-electron chi connectivity index (χ4n) is 0.691. The van der Waals surface area contributed by atoms with Gasteiger partial charge < -0.3 is 10.6 Å². The van der Waals surface area contributed by atoms with Gasteiger partial charge in [0.1, 0.15) is 0 Å². The first-order chi connectivity index (χ1) is 4.52. The zero-order valence-corrected chi connectivity index (χ0v) is 9.53. The van der Waals surface area contributed by atoms with Crippen LogP contribution in [0.5, 0.6) is 0 Å². The van der Waals surface area contributed by atoms with Crippen molar-refractivity contribution in [1.82, 2.24) is 0 Å². The molecule has 0 bridgehead atoms. The van der Waals surface area contributed by atoms with Crippen LogP contribution in [0.25, 0.3) is 0 Å². The quantitative estimate of drug-likeness (QED) is 0.537. The molecule has 0 saturated heterocycles. The molecular weight excluding hydrogens is 197 g/mol. The standard InChI is InChI=1S/C6H16NO2P.Ti/c1-3-10(8,9)5-6(2)4-7;/h6H,3-5,7H2,1-2H3,(H,8,9);. The molecule has 0 aromatic rings. The molecule has 11 heavy (non-hydrogen) atoms. The van der Waals surface area contributed by atoms with Gasteiger partial charge in [-0.2, -0.15) is 0 Å². The van der Waals surface area contributed by atoms with Crippen LogP contribution < -0.4 is 5.73 Å². The summed E-state index contributed by atoms with van der Waals surface area (Å²) in [5.74, 6) is 0.163. The summed E-state index contributed by atoms with van der Waals surface area (Å²) < 4.78 is 11.1. The van der Waals surface area contributed by atoms with E-state index in [0.29, 0.717) is 18.9 Å². The first kappa shape index (κ1) is 14.4. The molecule has 3 nitrogen and oxygen atoms in total. The Morgan fingerprint density at radius 1 is 1.64 bits per heavy atom. The molecule has 0 saturated carbocycles.